The van der Waals surface area contributed by atoms with Crippen LogP contribution in [0.2, 0.25) is 0 Å². The molecule has 0 atom stereocenters. The Morgan fingerprint density at radius 1 is 0.929 bits per heavy atom. The smallest absolute Gasteiger partial charge is 0.0172 e. The van der Waals surface area contributed by atoms with Crippen LogP contribution >= 0.6 is 0 Å². The molecule has 0 heteroatoms. The Labute approximate surface area is 84.6 Å². The molecule has 0 amide bonds. The Morgan fingerprint density at radius 2 is 1.57 bits per heavy atom. The third-order valence-electron chi connectivity index (χ3n) is 2.44. The van der Waals surface area contributed by atoms with Crippen LogP contribution in [-0.4, -0.2) is 0 Å². The monoisotopic (exact) mass is 180 g/mol. The van der Waals surface area contributed by atoms with Gasteiger partial charge in [-0.1, -0.05) is 44.0 Å². The molecule has 2 rings (SSSR count). The van der Waals surface area contributed by atoms with Crippen molar-refractivity contribution in [3.8, 4) is 0 Å². The predicted molar refractivity (Wildman–Crippen MR) is 61.9 cm³/mol. The summed E-state index contributed by atoms with van der Waals surface area (Å²) in [6, 6.07) is 0. The lowest BCUT2D eigenvalue weighted by molar-refractivity contribution is 1.55. The van der Waals surface area contributed by atoms with Crippen molar-refractivity contribution >= 4 is 0 Å². The van der Waals surface area contributed by atoms with Crippen LogP contribution in [0.15, 0.2) is 84.1 Å². The summed E-state index contributed by atoms with van der Waals surface area (Å²) in [5.74, 6) is 0. The van der Waals surface area contributed by atoms with E-state index in [1.165, 1.54) is 5.57 Å². The maximum atomic E-state index is 3.99. The van der Waals surface area contributed by atoms with Gasteiger partial charge in [0.1, 0.15) is 0 Å². The summed E-state index contributed by atoms with van der Waals surface area (Å²) in [5, 5.41) is 0. The number of allylic oxidation sites excluding steroid dienone is 11. The Kier molecular flexibility index (Phi) is 1.97. The van der Waals surface area contributed by atoms with E-state index in [1.54, 1.807) is 0 Å². The van der Waals surface area contributed by atoms with E-state index in [-0.39, 0.29) is 0 Å². The molecule has 2 aliphatic rings. The molecule has 0 heterocycles. The Balaban J connectivity index is 2.34. The number of hydrogen-bond acceptors (Lipinski definition) is 0. The molecular weight excluding hydrogens is 168 g/mol. The van der Waals surface area contributed by atoms with Crippen LogP contribution in [0.1, 0.15) is 0 Å². The van der Waals surface area contributed by atoms with Crippen LogP contribution in [0.4, 0.5) is 0 Å². The van der Waals surface area contributed by atoms with Crippen LogP contribution in [0.5, 0.6) is 0 Å². The quantitative estimate of drug-likeness (QED) is 0.578. The maximum absolute atomic E-state index is 3.99. The van der Waals surface area contributed by atoms with E-state index in [9.17, 15) is 0 Å². The van der Waals surface area contributed by atoms with E-state index < -0.39 is 0 Å². The Morgan fingerprint density at radius 3 is 2.07 bits per heavy atom. The van der Waals surface area contributed by atoms with E-state index in [2.05, 4.69) is 38.0 Å². The van der Waals surface area contributed by atoms with Crippen molar-refractivity contribution in [3.05, 3.63) is 84.1 Å². The third-order valence-corrected chi connectivity index (χ3v) is 2.44. The molecule has 0 aliphatic heterocycles. The fourth-order valence-electron chi connectivity index (χ4n) is 1.52. The van der Waals surface area contributed by atoms with Gasteiger partial charge in [-0.25, -0.2) is 0 Å². The van der Waals surface area contributed by atoms with Gasteiger partial charge in [-0.3, -0.25) is 0 Å². The molecule has 14 heavy (non-hydrogen) atoms. The van der Waals surface area contributed by atoms with Crippen molar-refractivity contribution in [1.82, 2.24) is 0 Å². The van der Waals surface area contributed by atoms with Crippen molar-refractivity contribution in [3.63, 3.8) is 0 Å². The zero-order chi connectivity index (χ0) is 10.1. The van der Waals surface area contributed by atoms with Crippen LogP contribution in [0.3, 0.4) is 0 Å². The minimum Gasteiger partial charge on any atom is -0.0911 e. The van der Waals surface area contributed by atoms with Crippen molar-refractivity contribution < 1.29 is 0 Å². The molecule has 0 fully saturated rings. The van der Waals surface area contributed by atoms with E-state index in [0.29, 0.717) is 0 Å². The highest BCUT2D eigenvalue weighted by Crippen LogP contribution is 2.33. The van der Waals surface area contributed by atoms with E-state index in [4.69, 9.17) is 0 Å². The average molecular weight is 180 g/mol. The molecular formula is C14H12. The summed E-state index contributed by atoms with van der Waals surface area (Å²) in [4.78, 5) is 0. The third kappa shape index (κ3) is 1.35. The molecule has 0 N–H and O–H groups in total. The minimum absolute atomic E-state index is 0.947. The Hall–Kier alpha value is -1.82. The van der Waals surface area contributed by atoms with Crippen molar-refractivity contribution in [2.24, 2.45) is 0 Å². The lowest BCUT2D eigenvalue weighted by Crippen LogP contribution is -1.81. The first kappa shape index (κ1) is 8.76. The fraction of sp³-hybridized carbons (Fsp3) is 0. The molecule has 0 aromatic rings. The number of rotatable bonds is 1. The van der Waals surface area contributed by atoms with Crippen LogP contribution < -0.4 is 0 Å². The Bertz CT molecular complexity index is 434. The van der Waals surface area contributed by atoms with Crippen molar-refractivity contribution in [2.45, 2.75) is 0 Å². The van der Waals surface area contributed by atoms with Gasteiger partial charge in [-0.15, -0.1) is 0 Å². The number of hydrogen-bond donors (Lipinski definition) is 0. The second-order valence-electron chi connectivity index (χ2n) is 3.44. The van der Waals surface area contributed by atoms with E-state index in [1.807, 2.05) is 18.2 Å². The minimum atomic E-state index is 0.947. The predicted octanol–water partition coefficient (Wildman–Crippen LogP) is 3.65. The lowest BCUT2D eigenvalue weighted by Gasteiger charge is -1.99. The summed E-state index contributed by atoms with van der Waals surface area (Å²) in [6.45, 7) is 11.8. The largest absolute Gasteiger partial charge is 0.0911 e. The van der Waals surface area contributed by atoms with E-state index in [0.717, 1.165) is 22.3 Å². The molecule has 0 radical (unpaired) electrons. The molecule has 0 bridgehead atoms. The van der Waals surface area contributed by atoms with Gasteiger partial charge < -0.3 is 0 Å². The highest BCUT2D eigenvalue weighted by Gasteiger charge is 2.14. The zero-order valence-corrected chi connectivity index (χ0v) is 8.09. The zero-order valence-electron chi connectivity index (χ0n) is 8.09. The second-order valence-corrected chi connectivity index (χ2v) is 3.44. The van der Waals surface area contributed by atoms with Gasteiger partial charge in [0.2, 0.25) is 0 Å². The molecule has 0 saturated heterocycles. The molecule has 0 spiro atoms. The van der Waals surface area contributed by atoms with Crippen LogP contribution in [-0.2, 0) is 0 Å². The lowest BCUT2D eigenvalue weighted by atomic mass is 10.1. The standard InChI is InChI=1S/C14H12/c1-10-8-14(12(3)11(10)2)9-13-6-4-5-7-13/h4-9H,1-3H2. The molecule has 0 aromatic carbocycles. The molecule has 0 unspecified atom stereocenters. The van der Waals surface area contributed by atoms with Gasteiger partial charge >= 0.3 is 0 Å². The summed E-state index contributed by atoms with van der Waals surface area (Å²) < 4.78 is 0. The summed E-state index contributed by atoms with van der Waals surface area (Å²) in [7, 11) is 0. The molecule has 68 valence electrons. The summed E-state index contributed by atoms with van der Waals surface area (Å²) >= 11 is 0. The first-order valence-corrected chi connectivity index (χ1v) is 4.54. The summed E-state index contributed by atoms with van der Waals surface area (Å²) in [5.41, 5.74) is 5.21. The van der Waals surface area contributed by atoms with Gasteiger partial charge in [-0.05, 0) is 40.0 Å². The van der Waals surface area contributed by atoms with E-state index >= 15 is 0 Å². The highest BCUT2D eigenvalue weighted by atomic mass is 14.2. The van der Waals surface area contributed by atoms with Gasteiger partial charge in [0.15, 0.2) is 0 Å². The second kappa shape index (κ2) is 3.15. The summed E-state index contributed by atoms with van der Waals surface area (Å²) in [6.07, 6.45) is 12.3. The normalized spacial score (nSPS) is 19.6. The topological polar surface area (TPSA) is 0 Å². The van der Waals surface area contributed by atoms with Crippen molar-refractivity contribution in [2.75, 3.05) is 0 Å². The average Bonchev–Trinajstić information content (AvgIpc) is 2.73. The van der Waals surface area contributed by atoms with Gasteiger partial charge in [0.25, 0.3) is 0 Å². The first-order chi connectivity index (χ1) is 6.68. The first-order valence-electron chi connectivity index (χ1n) is 4.54. The fourth-order valence-corrected chi connectivity index (χ4v) is 1.52. The van der Waals surface area contributed by atoms with Crippen LogP contribution in [0.25, 0.3) is 0 Å². The van der Waals surface area contributed by atoms with Crippen molar-refractivity contribution in [1.29, 1.82) is 0 Å². The molecule has 0 saturated carbocycles. The molecule has 0 nitrogen and oxygen atoms in total. The molecule has 2 aliphatic carbocycles. The maximum Gasteiger partial charge on any atom is -0.0172 e. The van der Waals surface area contributed by atoms with Gasteiger partial charge in [0, 0.05) is 0 Å². The SMILES string of the molecule is C=C1C=C(C=C2C=CC=C2)C(=C)C1=C. The van der Waals surface area contributed by atoms with Gasteiger partial charge in [0.05, 0.1) is 0 Å². The highest BCUT2D eigenvalue weighted by molar-refractivity contribution is 5.68. The van der Waals surface area contributed by atoms with Gasteiger partial charge in [-0.2, -0.15) is 0 Å². The molecule has 0 aromatic heterocycles. The van der Waals surface area contributed by atoms with Crippen LogP contribution in [0, 0.1) is 0 Å².